The fourth-order valence-electron chi connectivity index (χ4n) is 2.73. The number of amides is 1. The van der Waals surface area contributed by atoms with Crippen molar-refractivity contribution < 1.29 is 14.4 Å². The summed E-state index contributed by atoms with van der Waals surface area (Å²) in [6, 6.07) is 12.1. The Kier molecular flexibility index (Phi) is 5.99. The molecule has 1 amide bonds. The minimum atomic E-state index is 0.0161. The average Bonchev–Trinajstić information content (AvgIpc) is 2.51. The fourth-order valence-corrected chi connectivity index (χ4v) is 2.73. The summed E-state index contributed by atoms with van der Waals surface area (Å²) in [6.45, 7) is 7.32. The zero-order valence-electron chi connectivity index (χ0n) is 15.2. The number of likely N-dealkylation sites (N-methyl/N-ethyl adjacent to an activating group) is 1. The topological polar surface area (TPSA) is 42.8 Å². The summed E-state index contributed by atoms with van der Waals surface area (Å²) >= 11 is 0. The van der Waals surface area contributed by atoms with Crippen LogP contribution in [0.15, 0.2) is 36.4 Å². The van der Waals surface area contributed by atoms with Crippen LogP contribution in [0.1, 0.15) is 22.3 Å². The molecule has 2 rings (SSSR count). The molecule has 0 radical (unpaired) electrons. The van der Waals surface area contributed by atoms with Gasteiger partial charge in [0.05, 0.1) is 14.2 Å². The van der Waals surface area contributed by atoms with Crippen LogP contribution >= 0.6 is 0 Å². The molecular formula is C20H27N2O2+. The van der Waals surface area contributed by atoms with Crippen LogP contribution in [0.3, 0.4) is 0 Å². The zero-order chi connectivity index (χ0) is 17.7. The summed E-state index contributed by atoms with van der Waals surface area (Å²) in [5, 5.41) is 2.98. The number of hydrogen-bond donors (Lipinski definition) is 2. The average molecular weight is 327 g/mol. The molecule has 0 aliphatic heterocycles. The van der Waals surface area contributed by atoms with Crippen LogP contribution < -0.4 is 15.0 Å². The van der Waals surface area contributed by atoms with Crippen molar-refractivity contribution in [3.63, 3.8) is 0 Å². The highest BCUT2D eigenvalue weighted by Crippen LogP contribution is 2.18. The van der Waals surface area contributed by atoms with Gasteiger partial charge in [0.25, 0.3) is 5.91 Å². The summed E-state index contributed by atoms with van der Waals surface area (Å²) in [4.78, 5) is 13.4. The largest absolute Gasteiger partial charge is 0.496 e. The predicted molar refractivity (Wildman–Crippen MR) is 97.7 cm³/mol. The third-order valence-electron chi connectivity index (χ3n) is 4.18. The maximum absolute atomic E-state index is 12.3. The van der Waals surface area contributed by atoms with E-state index in [0.717, 1.165) is 28.4 Å². The molecule has 2 N–H and O–H groups in total. The van der Waals surface area contributed by atoms with Gasteiger partial charge in [-0.3, -0.25) is 4.79 Å². The monoisotopic (exact) mass is 327 g/mol. The van der Waals surface area contributed by atoms with Gasteiger partial charge >= 0.3 is 0 Å². The molecule has 2 aromatic carbocycles. The van der Waals surface area contributed by atoms with E-state index >= 15 is 0 Å². The smallest absolute Gasteiger partial charge is 0.279 e. The SMILES string of the molecule is COc1ccc(C)cc1C[NH+](C)CC(=O)Nc1ccc(C)c(C)c1. The fraction of sp³-hybridized carbons (Fsp3) is 0.350. The third-order valence-corrected chi connectivity index (χ3v) is 4.18. The van der Waals surface area contributed by atoms with Crippen LogP contribution in [0.4, 0.5) is 5.69 Å². The molecule has 0 heterocycles. The number of quaternary nitrogens is 1. The molecule has 1 atom stereocenters. The zero-order valence-corrected chi connectivity index (χ0v) is 15.2. The Bertz CT molecular complexity index is 726. The normalized spacial score (nSPS) is 11.9. The molecule has 0 spiro atoms. The van der Waals surface area contributed by atoms with Crippen LogP contribution in [0, 0.1) is 20.8 Å². The van der Waals surface area contributed by atoms with E-state index in [-0.39, 0.29) is 5.91 Å². The molecule has 24 heavy (non-hydrogen) atoms. The lowest BCUT2D eigenvalue weighted by Gasteiger charge is -2.16. The molecule has 0 bridgehead atoms. The Hall–Kier alpha value is -2.33. The van der Waals surface area contributed by atoms with Crippen molar-refractivity contribution in [2.24, 2.45) is 0 Å². The first kappa shape index (κ1) is 18.0. The second-order valence-electron chi connectivity index (χ2n) is 6.47. The highest BCUT2D eigenvalue weighted by Gasteiger charge is 2.14. The number of carbonyl (C=O) groups is 1. The standard InChI is InChI=1S/C20H26N2O2/c1-14-6-9-19(24-5)17(10-14)12-22(4)13-20(23)21-18-8-7-15(2)16(3)11-18/h6-11H,12-13H2,1-5H3,(H,21,23)/p+1. The summed E-state index contributed by atoms with van der Waals surface area (Å²) in [5.74, 6) is 0.886. The third kappa shape index (κ3) is 4.83. The number of hydrogen-bond acceptors (Lipinski definition) is 2. The van der Waals surface area contributed by atoms with Crippen molar-refractivity contribution in [2.75, 3.05) is 26.0 Å². The van der Waals surface area contributed by atoms with Crippen molar-refractivity contribution in [3.8, 4) is 5.75 Å². The van der Waals surface area contributed by atoms with Gasteiger partial charge in [-0.2, -0.15) is 0 Å². The Labute approximate surface area is 144 Å². The van der Waals surface area contributed by atoms with Gasteiger partial charge in [0.2, 0.25) is 0 Å². The molecule has 0 fully saturated rings. The molecule has 0 saturated carbocycles. The molecule has 0 aliphatic rings. The molecule has 4 heteroatoms. The van der Waals surface area contributed by atoms with E-state index in [9.17, 15) is 4.79 Å². The van der Waals surface area contributed by atoms with Crippen LogP contribution in [0.2, 0.25) is 0 Å². The van der Waals surface area contributed by atoms with Crippen LogP contribution in [-0.4, -0.2) is 26.6 Å². The van der Waals surface area contributed by atoms with E-state index in [4.69, 9.17) is 4.74 Å². The first-order chi connectivity index (χ1) is 11.4. The number of rotatable bonds is 6. The number of ether oxygens (including phenoxy) is 1. The number of aryl methyl sites for hydroxylation is 3. The molecule has 2 aromatic rings. The van der Waals surface area contributed by atoms with Crippen molar-refractivity contribution in [3.05, 3.63) is 58.7 Å². The lowest BCUT2D eigenvalue weighted by Crippen LogP contribution is -3.08. The van der Waals surface area contributed by atoms with Gasteiger partial charge in [0.1, 0.15) is 12.3 Å². The van der Waals surface area contributed by atoms with Crippen molar-refractivity contribution in [1.82, 2.24) is 0 Å². The molecule has 0 saturated heterocycles. The first-order valence-corrected chi connectivity index (χ1v) is 8.21. The van der Waals surface area contributed by atoms with Gasteiger partial charge in [-0.05, 0) is 56.2 Å². The summed E-state index contributed by atoms with van der Waals surface area (Å²) in [5.41, 5.74) is 5.57. The summed E-state index contributed by atoms with van der Waals surface area (Å²) in [7, 11) is 3.69. The molecule has 0 aromatic heterocycles. The maximum Gasteiger partial charge on any atom is 0.279 e. The molecule has 0 aliphatic carbocycles. The molecule has 1 unspecified atom stereocenters. The number of methoxy groups -OCH3 is 1. The first-order valence-electron chi connectivity index (χ1n) is 8.21. The molecular weight excluding hydrogens is 300 g/mol. The van der Waals surface area contributed by atoms with Gasteiger partial charge in [0, 0.05) is 11.3 Å². The Morgan fingerprint density at radius 1 is 1.08 bits per heavy atom. The number of carbonyl (C=O) groups excluding carboxylic acids is 1. The summed E-state index contributed by atoms with van der Waals surface area (Å²) < 4.78 is 5.41. The van der Waals surface area contributed by atoms with E-state index in [1.165, 1.54) is 16.7 Å². The van der Waals surface area contributed by atoms with Gasteiger partial charge in [-0.15, -0.1) is 0 Å². The minimum Gasteiger partial charge on any atom is -0.496 e. The van der Waals surface area contributed by atoms with Gasteiger partial charge in [-0.25, -0.2) is 0 Å². The second kappa shape index (κ2) is 7.97. The van der Waals surface area contributed by atoms with E-state index in [1.807, 2.05) is 44.3 Å². The van der Waals surface area contributed by atoms with E-state index in [2.05, 4.69) is 25.2 Å². The number of nitrogens with one attached hydrogen (secondary N) is 2. The van der Waals surface area contributed by atoms with Crippen molar-refractivity contribution in [1.29, 1.82) is 0 Å². The van der Waals surface area contributed by atoms with E-state index in [0.29, 0.717) is 6.54 Å². The van der Waals surface area contributed by atoms with Crippen LogP contribution in [0.25, 0.3) is 0 Å². The molecule has 128 valence electrons. The van der Waals surface area contributed by atoms with Crippen molar-refractivity contribution >= 4 is 11.6 Å². The Morgan fingerprint density at radius 3 is 2.50 bits per heavy atom. The van der Waals surface area contributed by atoms with Gasteiger partial charge < -0.3 is 15.0 Å². The quantitative estimate of drug-likeness (QED) is 0.855. The lowest BCUT2D eigenvalue weighted by molar-refractivity contribution is -0.885. The Morgan fingerprint density at radius 2 is 1.83 bits per heavy atom. The van der Waals surface area contributed by atoms with Crippen LogP contribution in [0.5, 0.6) is 5.75 Å². The van der Waals surface area contributed by atoms with E-state index in [1.54, 1.807) is 7.11 Å². The number of benzene rings is 2. The predicted octanol–water partition coefficient (Wildman–Crippen LogP) is 2.27. The maximum atomic E-state index is 12.3. The van der Waals surface area contributed by atoms with Crippen LogP contribution in [-0.2, 0) is 11.3 Å². The number of anilines is 1. The summed E-state index contributed by atoms with van der Waals surface area (Å²) in [6.07, 6.45) is 0. The highest BCUT2D eigenvalue weighted by molar-refractivity contribution is 5.91. The van der Waals surface area contributed by atoms with Crippen molar-refractivity contribution in [2.45, 2.75) is 27.3 Å². The lowest BCUT2D eigenvalue weighted by atomic mass is 10.1. The Balaban J connectivity index is 1.96. The van der Waals surface area contributed by atoms with E-state index < -0.39 is 0 Å². The highest BCUT2D eigenvalue weighted by atomic mass is 16.5. The minimum absolute atomic E-state index is 0.0161. The second-order valence-corrected chi connectivity index (χ2v) is 6.47. The van der Waals surface area contributed by atoms with Gasteiger partial charge in [0.15, 0.2) is 6.54 Å². The van der Waals surface area contributed by atoms with Gasteiger partial charge in [-0.1, -0.05) is 17.7 Å². The molecule has 4 nitrogen and oxygen atoms in total.